The predicted molar refractivity (Wildman–Crippen MR) is 134 cm³/mol. The molecule has 2 aromatic carbocycles. The summed E-state index contributed by atoms with van der Waals surface area (Å²) >= 11 is 12.0. The maximum atomic E-state index is 12.9. The van der Waals surface area contributed by atoms with Crippen LogP contribution >= 0.6 is 23.2 Å². The Balaban J connectivity index is 1.40. The number of fused-ring (bicyclic) bond motifs is 1. The quantitative estimate of drug-likeness (QED) is 0.243. The molecule has 0 aliphatic rings. The van der Waals surface area contributed by atoms with E-state index in [2.05, 4.69) is 40.4 Å². The van der Waals surface area contributed by atoms with Crippen LogP contribution in [0.5, 0.6) is 0 Å². The molecule has 0 saturated heterocycles. The van der Waals surface area contributed by atoms with Crippen LogP contribution in [0.1, 0.15) is 16.2 Å². The lowest BCUT2D eigenvalue weighted by atomic mass is 10.1. The SMILES string of the molecule is O=C(NCc1ncn[nH]1)c1cc(-c2ccc(NS(=O)(=O)c3cccc(Cl)c3Cl)cc2)nc2[nH]ncc12. The summed E-state index contributed by atoms with van der Waals surface area (Å²) in [6.45, 7) is 0.168. The van der Waals surface area contributed by atoms with Gasteiger partial charge in [0.25, 0.3) is 15.9 Å². The van der Waals surface area contributed by atoms with E-state index in [1.807, 2.05) is 0 Å². The van der Waals surface area contributed by atoms with Gasteiger partial charge in [-0.25, -0.2) is 18.4 Å². The summed E-state index contributed by atoms with van der Waals surface area (Å²) < 4.78 is 28.0. The number of halogens is 2. The highest BCUT2D eigenvalue weighted by Crippen LogP contribution is 2.31. The number of amides is 1. The number of hydrogen-bond donors (Lipinski definition) is 4. The first-order valence-corrected chi connectivity index (χ1v) is 12.6. The maximum absolute atomic E-state index is 12.9. The maximum Gasteiger partial charge on any atom is 0.263 e. The third kappa shape index (κ3) is 4.73. The van der Waals surface area contributed by atoms with Crippen LogP contribution in [0, 0.1) is 0 Å². The zero-order valence-corrected chi connectivity index (χ0v) is 20.5. The minimum atomic E-state index is -3.97. The fourth-order valence-electron chi connectivity index (χ4n) is 3.45. The second-order valence-corrected chi connectivity index (χ2v) is 9.97. The molecule has 0 aliphatic carbocycles. The molecule has 4 N–H and O–H groups in total. The third-order valence-corrected chi connectivity index (χ3v) is 7.54. The van der Waals surface area contributed by atoms with Crippen molar-refractivity contribution in [2.24, 2.45) is 0 Å². The van der Waals surface area contributed by atoms with Crippen LogP contribution in [0.25, 0.3) is 22.3 Å². The molecular formula is C22H16Cl2N8O3S. The molecule has 182 valence electrons. The fourth-order valence-corrected chi connectivity index (χ4v) is 5.27. The first kappa shape index (κ1) is 23.7. The van der Waals surface area contributed by atoms with Gasteiger partial charge in [0, 0.05) is 11.3 Å². The highest BCUT2D eigenvalue weighted by atomic mass is 35.5. The molecule has 3 heterocycles. The Kier molecular flexibility index (Phi) is 6.31. The zero-order valence-electron chi connectivity index (χ0n) is 18.2. The summed E-state index contributed by atoms with van der Waals surface area (Å²) in [5.41, 5.74) is 2.24. The molecule has 36 heavy (non-hydrogen) atoms. The number of aromatic amines is 2. The molecule has 0 radical (unpaired) electrons. The van der Waals surface area contributed by atoms with Crippen molar-refractivity contribution in [1.82, 2.24) is 35.7 Å². The molecule has 1 amide bonds. The average molecular weight is 543 g/mol. The molecule has 3 aromatic heterocycles. The normalized spacial score (nSPS) is 11.5. The van der Waals surface area contributed by atoms with Crippen LogP contribution < -0.4 is 10.0 Å². The number of sulfonamides is 1. The Hall–Kier alpha value is -4.00. The summed E-state index contributed by atoms with van der Waals surface area (Å²) in [5.74, 6) is 0.169. The number of pyridine rings is 1. The summed E-state index contributed by atoms with van der Waals surface area (Å²) in [6.07, 6.45) is 2.88. The standard InChI is InChI=1S/C22H16Cl2N8O3S/c23-16-2-1-3-18(20(16)24)36(34,35)32-13-6-4-12(5-7-13)17-8-14(15-9-27-31-21(15)29-17)22(33)25-10-19-26-11-28-30-19/h1-9,11,32H,10H2,(H,25,33)(H,26,28,30)(H,27,29,31). The van der Waals surface area contributed by atoms with Crippen molar-refractivity contribution in [2.75, 3.05) is 4.72 Å². The molecule has 0 spiro atoms. The second-order valence-electron chi connectivity index (χ2n) is 7.54. The van der Waals surface area contributed by atoms with E-state index in [4.69, 9.17) is 23.2 Å². The molecule has 5 rings (SSSR count). The summed E-state index contributed by atoms with van der Waals surface area (Å²) in [6, 6.07) is 12.5. The van der Waals surface area contributed by atoms with Crippen LogP contribution in [-0.4, -0.2) is 44.7 Å². The van der Waals surface area contributed by atoms with Crippen molar-refractivity contribution >= 4 is 55.9 Å². The first-order valence-electron chi connectivity index (χ1n) is 10.4. The monoisotopic (exact) mass is 542 g/mol. The molecule has 0 aliphatic heterocycles. The molecule has 0 unspecified atom stereocenters. The lowest BCUT2D eigenvalue weighted by molar-refractivity contribution is 0.0951. The van der Waals surface area contributed by atoms with E-state index in [0.29, 0.717) is 39.4 Å². The number of carbonyl (C=O) groups is 1. The average Bonchev–Trinajstić information content (AvgIpc) is 3.56. The van der Waals surface area contributed by atoms with Crippen molar-refractivity contribution in [1.29, 1.82) is 0 Å². The van der Waals surface area contributed by atoms with E-state index in [9.17, 15) is 13.2 Å². The Morgan fingerprint density at radius 2 is 1.83 bits per heavy atom. The lowest BCUT2D eigenvalue weighted by Crippen LogP contribution is -2.23. The molecular weight excluding hydrogens is 527 g/mol. The molecule has 14 heteroatoms. The van der Waals surface area contributed by atoms with Crippen molar-refractivity contribution < 1.29 is 13.2 Å². The number of nitrogens with zero attached hydrogens (tertiary/aromatic N) is 4. The number of nitrogens with one attached hydrogen (secondary N) is 4. The number of H-pyrrole nitrogens is 2. The number of hydrogen-bond acceptors (Lipinski definition) is 7. The molecule has 11 nitrogen and oxygen atoms in total. The van der Waals surface area contributed by atoms with Gasteiger partial charge in [0.05, 0.1) is 39.4 Å². The highest BCUT2D eigenvalue weighted by molar-refractivity contribution is 7.92. The van der Waals surface area contributed by atoms with E-state index in [1.165, 1.54) is 30.7 Å². The second kappa shape index (κ2) is 9.57. The minimum Gasteiger partial charge on any atom is -0.345 e. The molecule has 0 fully saturated rings. The Morgan fingerprint density at radius 1 is 1.03 bits per heavy atom. The number of anilines is 1. The Bertz CT molecular complexity index is 1670. The van der Waals surface area contributed by atoms with Gasteiger partial charge in [-0.1, -0.05) is 41.4 Å². The summed E-state index contributed by atoms with van der Waals surface area (Å²) in [7, 11) is -3.97. The van der Waals surface area contributed by atoms with E-state index < -0.39 is 10.0 Å². The summed E-state index contributed by atoms with van der Waals surface area (Å²) in [5, 5.41) is 16.6. The number of benzene rings is 2. The predicted octanol–water partition coefficient (Wildman–Crippen LogP) is 3.78. The van der Waals surface area contributed by atoms with E-state index in [1.54, 1.807) is 30.3 Å². The zero-order chi connectivity index (χ0) is 25.3. The van der Waals surface area contributed by atoms with Gasteiger partial charge in [-0.3, -0.25) is 19.7 Å². The van der Waals surface area contributed by atoms with Gasteiger partial charge in [0.1, 0.15) is 17.0 Å². The van der Waals surface area contributed by atoms with Crippen LogP contribution in [0.2, 0.25) is 10.0 Å². The van der Waals surface area contributed by atoms with Crippen molar-refractivity contribution in [2.45, 2.75) is 11.4 Å². The minimum absolute atomic E-state index is 0.0607. The first-order chi connectivity index (χ1) is 17.3. The van der Waals surface area contributed by atoms with Crippen LogP contribution in [0.4, 0.5) is 5.69 Å². The van der Waals surface area contributed by atoms with Crippen LogP contribution in [0.15, 0.2) is 66.0 Å². The van der Waals surface area contributed by atoms with Gasteiger partial charge in [-0.15, -0.1) is 0 Å². The highest BCUT2D eigenvalue weighted by Gasteiger charge is 2.20. The van der Waals surface area contributed by atoms with Crippen LogP contribution in [0.3, 0.4) is 0 Å². The number of rotatable bonds is 7. The van der Waals surface area contributed by atoms with Gasteiger partial charge in [0.15, 0.2) is 5.65 Å². The van der Waals surface area contributed by atoms with Crippen LogP contribution in [-0.2, 0) is 16.6 Å². The van der Waals surface area contributed by atoms with Crippen molar-refractivity contribution in [3.63, 3.8) is 0 Å². The smallest absolute Gasteiger partial charge is 0.263 e. The summed E-state index contributed by atoms with van der Waals surface area (Å²) in [4.78, 5) is 21.3. The van der Waals surface area contributed by atoms with Gasteiger partial charge in [-0.2, -0.15) is 10.2 Å². The Labute approximate surface area is 214 Å². The largest absolute Gasteiger partial charge is 0.345 e. The van der Waals surface area contributed by atoms with Gasteiger partial charge in [0.2, 0.25) is 0 Å². The molecule has 5 aromatic rings. The van der Waals surface area contributed by atoms with Crippen molar-refractivity contribution in [3.8, 4) is 11.3 Å². The molecule has 0 bridgehead atoms. The van der Waals surface area contributed by atoms with E-state index >= 15 is 0 Å². The fraction of sp³-hybridized carbons (Fsp3) is 0.0455. The molecule has 0 saturated carbocycles. The van der Waals surface area contributed by atoms with Gasteiger partial charge >= 0.3 is 0 Å². The number of aromatic nitrogens is 6. The third-order valence-electron chi connectivity index (χ3n) is 5.19. The van der Waals surface area contributed by atoms with Gasteiger partial charge < -0.3 is 5.32 Å². The number of carbonyl (C=O) groups excluding carboxylic acids is 1. The van der Waals surface area contributed by atoms with Crippen molar-refractivity contribution in [3.05, 3.63) is 82.5 Å². The van der Waals surface area contributed by atoms with Gasteiger partial charge in [-0.05, 0) is 30.3 Å². The lowest BCUT2D eigenvalue weighted by Gasteiger charge is -2.11. The van der Waals surface area contributed by atoms with E-state index in [0.717, 1.165) is 0 Å². The topological polar surface area (TPSA) is 158 Å². The molecule has 0 atom stereocenters. The Morgan fingerprint density at radius 3 is 2.58 bits per heavy atom. The van der Waals surface area contributed by atoms with E-state index in [-0.39, 0.29) is 27.4 Å².